The SMILES string of the molecule is Cc1ccc2cccc(N(c3ccc4c(c3)C(C)(C)c3ccccc3-4)c3ccc4c(c3)C3(CCCC3)c3ccccc3-4)c2c1. The third kappa shape index (κ3) is 3.47. The van der Waals surface area contributed by atoms with E-state index in [1.165, 1.54) is 104 Å². The third-order valence-corrected chi connectivity index (χ3v) is 11.0. The summed E-state index contributed by atoms with van der Waals surface area (Å²) in [6, 6.07) is 46.2. The minimum absolute atomic E-state index is 0.0591. The molecule has 1 heteroatoms. The lowest BCUT2D eigenvalue weighted by Crippen LogP contribution is -2.21. The monoisotopic (exact) mass is 567 g/mol. The second-order valence-corrected chi connectivity index (χ2v) is 13.8. The van der Waals surface area contributed by atoms with Crippen LogP contribution in [-0.2, 0) is 10.8 Å². The molecule has 3 aliphatic rings. The summed E-state index contributed by atoms with van der Waals surface area (Å²) >= 11 is 0. The van der Waals surface area contributed by atoms with Gasteiger partial charge in [0.1, 0.15) is 0 Å². The molecule has 0 heterocycles. The molecule has 6 aromatic rings. The van der Waals surface area contributed by atoms with Crippen LogP contribution in [0.5, 0.6) is 0 Å². The molecule has 214 valence electrons. The lowest BCUT2D eigenvalue weighted by molar-refractivity contribution is 0.550. The molecule has 0 amide bonds. The molecule has 1 saturated carbocycles. The van der Waals surface area contributed by atoms with Crippen LogP contribution in [0.1, 0.15) is 67.3 Å². The Hall–Kier alpha value is -4.62. The first-order valence-electron chi connectivity index (χ1n) is 16.2. The highest BCUT2D eigenvalue weighted by Gasteiger charge is 2.45. The van der Waals surface area contributed by atoms with E-state index in [-0.39, 0.29) is 10.8 Å². The van der Waals surface area contributed by atoms with Crippen molar-refractivity contribution < 1.29 is 0 Å². The quantitative estimate of drug-likeness (QED) is 0.206. The molecule has 3 aliphatic carbocycles. The Kier molecular flexibility index (Phi) is 5.40. The Balaban J connectivity index is 1.29. The van der Waals surface area contributed by atoms with E-state index in [9.17, 15) is 0 Å². The Bertz CT molecular complexity index is 2120. The molecule has 0 N–H and O–H groups in total. The van der Waals surface area contributed by atoms with Gasteiger partial charge in [-0.25, -0.2) is 0 Å². The maximum Gasteiger partial charge on any atom is 0.0540 e. The minimum atomic E-state index is -0.0591. The summed E-state index contributed by atoms with van der Waals surface area (Å²) in [7, 11) is 0. The summed E-state index contributed by atoms with van der Waals surface area (Å²) in [5.41, 5.74) is 16.5. The average Bonchev–Trinajstić information content (AvgIpc) is 3.71. The molecule has 6 aromatic carbocycles. The van der Waals surface area contributed by atoms with Gasteiger partial charge in [-0.3, -0.25) is 0 Å². The zero-order valence-electron chi connectivity index (χ0n) is 25.8. The molecule has 0 bridgehead atoms. The minimum Gasteiger partial charge on any atom is -0.310 e. The molecular weight excluding hydrogens is 530 g/mol. The normalized spacial score (nSPS) is 16.5. The van der Waals surface area contributed by atoms with Gasteiger partial charge in [0, 0.05) is 27.6 Å². The van der Waals surface area contributed by atoms with Crippen molar-refractivity contribution in [2.75, 3.05) is 4.90 Å². The zero-order chi connectivity index (χ0) is 29.6. The fourth-order valence-electron chi connectivity index (χ4n) is 8.92. The third-order valence-electron chi connectivity index (χ3n) is 11.0. The second-order valence-electron chi connectivity index (χ2n) is 13.8. The molecule has 44 heavy (non-hydrogen) atoms. The topological polar surface area (TPSA) is 3.24 Å². The molecule has 0 radical (unpaired) electrons. The largest absolute Gasteiger partial charge is 0.310 e. The van der Waals surface area contributed by atoms with Crippen LogP contribution >= 0.6 is 0 Å². The van der Waals surface area contributed by atoms with E-state index in [1.807, 2.05) is 0 Å². The number of rotatable bonds is 3. The molecule has 0 atom stereocenters. The summed E-state index contributed by atoms with van der Waals surface area (Å²) < 4.78 is 0. The van der Waals surface area contributed by atoms with Gasteiger partial charge in [-0.2, -0.15) is 0 Å². The highest BCUT2D eigenvalue weighted by Crippen LogP contribution is 2.58. The molecule has 1 fully saturated rings. The summed E-state index contributed by atoms with van der Waals surface area (Å²) in [6.07, 6.45) is 5.06. The van der Waals surface area contributed by atoms with Gasteiger partial charge in [0.05, 0.1) is 5.69 Å². The van der Waals surface area contributed by atoms with Gasteiger partial charge in [0.25, 0.3) is 0 Å². The van der Waals surface area contributed by atoms with Crippen LogP contribution in [0.15, 0.2) is 121 Å². The van der Waals surface area contributed by atoms with Gasteiger partial charge in [-0.15, -0.1) is 0 Å². The molecule has 0 unspecified atom stereocenters. The summed E-state index contributed by atoms with van der Waals surface area (Å²) in [5, 5.41) is 2.56. The molecule has 1 nitrogen and oxygen atoms in total. The van der Waals surface area contributed by atoms with E-state index in [2.05, 4.69) is 147 Å². The lowest BCUT2D eigenvalue weighted by atomic mass is 9.76. The highest BCUT2D eigenvalue weighted by atomic mass is 15.1. The van der Waals surface area contributed by atoms with Crippen LogP contribution in [0.25, 0.3) is 33.0 Å². The van der Waals surface area contributed by atoms with Crippen molar-refractivity contribution in [3.05, 3.63) is 149 Å². The van der Waals surface area contributed by atoms with Crippen molar-refractivity contribution in [3.63, 3.8) is 0 Å². The fourth-order valence-corrected chi connectivity index (χ4v) is 8.92. The number of aryl methyl sites for hydroxylation is 1. The van der Waals surface area contributed by atoms with Crippen molar-refractivity contribution >= 4 is 27.8 Å². The van der Waals surface area contributed by atoms with E-state index in [0.717, 1.165) is 0 Å². The van der Waals surface area contributed by atoms with E-state index in [1.54, 1.807) is 0 Å². The number of fused-ring (bicyclic) bond motifs is 9. The Morgan fingerprint density at radius 1 is 0.523 bits per heavy atom. The smallest absolute Gasteiger partial charge is 0.0540 e. The number of hydrogen-bond acceptors (Lipinski definition) is 1. The fraction of sp³-hybridized carbons (Fsp3) is 0.209. The van der Waals surface area contributed by atoms with Gasteiger partial charge in [0.2, 0.25) is 0 Å². The van der Waals surface area contributed by atoms with Gasteiger partial charge in [-0.05, 0) is 106 Å². The highest BCUT2D eigenvalue weighted by molar-refractivity contribution is 6.00. The first kappa shape index (κ1) is 25.8. The Labute approximate surface area is 260 Å². The van der Waals surface area contributed by atoms with E-state index in [4.69, 9.17) is 0 Å². The van der Waals surface area contributed by atoms with Crippen LogP contribution in [0, 0.1) is 6.92 Å². The standard InChI is InChI=1S/C43H37N/c1-28-17-18-29-11-10-16-41(36(29)25-28)44(30-19-21-34-32-12-4-6-14-37(32)42(2,3)39(34)26-30)31-20-22-35-33-13-5-7-15-38(33)43(40(35)27-31)23-8-9-24-43/h4-7,10-22,25-27H,8-9,23-24H2,1-3H3. The Morgan fingerprint density at radius 3 is 1.89 bits per heavy atom. The van der Waals surface area contributed by atoms with E-state index in [0.29, 0.717) is 0 Å². The predicted octanol–water partition coefficient (Wildman–Crippen LogP) is 11.8. The van der Waals surface area contributed by atoms with Gasteiger partial charge >= 0.3 is 0 Å². The second kappa shape index (κ2) is 9.19. The van der Waals surface area contributed by atoms with Crippen LogP contribution in [-0.4, -0.2) is 0 Å². The maximum absolute atomic E-state index is 2.54. The number of anilines is 3. The Morgan fingerprint density at radius 2 is 1.14 bits per heavy atom. The summed E-state index contributed by atoms with van der Waals surface area (Å²) in [4.78, 5) is 2.53. The molecular formula is C43H37N. The van der Waals surface area contributed by atoms with Gasteiger partial charge < -0.3 is 4.90 Å². The van der Waals surface area contributed by atoms with Crippen LogP contribution in [0.2, 0.25) is 0 Å². The van der Waals surface area contributed by atoms with Crippen molar-refractivity contribution in [1.82, 2.24) is 0 Å². The van der Waals surface area contributed by atoms with Crippen molar-refractivity contribution in [3.8, 4) is 22.3 Å². The summed E-state index contributed by atoms with van der Waals surface area (Å²) in [6.45, 7) is 6.96. The number of nitrogens with zero attached hydrogens (tertiary/aromatic N) is 1. The van der Waals surface area contributed by atoms with Crippen LogP contribution in [0.4, 0.5) is 17.1 Å². The van der Waals surface area contributed by atoms with Crippen molar-refractivity contribution in [2.24, 2.45) is 0 Å². The molecule has 1 spiro atoms. The summed E-state index contributed by atoms with van der Waals surface area (Å²) in [5.74, 6) is 0. The first-order chi connectivity index (χ1) is 21.5. The zero-order valence-corrected chi connectivity index (χ0v) is 25.8. The van der Waals surface area contributed by atoms with E-state index < -0.39 is 0 Å². The first-order valence-corrected chi connectivity index (χ1v) is 16.2. The van der Waals surface area contributed by atoms with E-state index >= 15 is 0 Å². The number of hydrogen-bond donors (Lipinski definition) is 0. The van der Waals surface area contributed by atoms with Crippen molar-refractivity contribution in [1.29, 1.82) is 0 Å². The molecule has 0 aromatic heterocycles. The molecule has 0 saturated heterocycles. The van der Waals surface area contributed by atoms with Gasteiger partial charge in [0.15, 0.2) is 0 Å². The maximum atomic E-state index is 2.54. The average molecular weight is 568 g/mol. The molecule has 0 aliphatic heterocycles. The molecule has 9 rings (SSSR count). The van der Waals surface area contributed by atoms with Gasteiger partial charge in [-0.1, -0.05) is 117 Å². The van der Waals surface area contributed by atoms with Crippen LogP contribution < -0.4 is 4.90 Å². The predicted molar refractivity (Wildman–Crippen MR) is 186 cm³/mol. The van der Waals surface area contributed by atoms with Crippen molar-refractivity contribution in [2.45, 2.75) is 57.3 Å². The van der Waals surface area contributed by atoms with Crippen LogP contribution in [0.3, 0.4) is 0 Å². The number of benzene rings is 6. The lowest BCUT2D eigenvalue weighted by Gasteiger charge is -2.31.